The molecule has 0 spiro atoms. The highest BCUT2D eigenvalue weighted by Gasteiger charge is 2.19. The van der Waals surface area contributed by atoms with Crippen molar-refractivity contribution >= 4 is 43.2 Å². The lowest BCUT2D eigenvalue weighted by Gasteiger charge is -2.11. The quantitative estimate of drug-likeness (QED) is 0.835. The van der Waals surface area contributed by atoms with Crippen LogP contribution in [0.4, 0.5) is 10.1 Å². The summed E-state index contributed by atoms with van der Waals surface area (Å²) in [6.07, 6.45) is 1.37. The van der Waals surface area contributed by atoms with Gasteiger partial charge in [-0.2, -0.15) is 8.42 Å². The fourth-order valence-corrected chi connectivity index (χ4v) is 3.63. The van der Waals surface area contributed by atoms with Crippen molar-refractivity contribution < 1.29 is 12.8 Å². The van der Waals surface area contributed by atoms with Crippen molar-refractivity contribution in [3.8, 4) is 0 Å². The van der Waals surface area contributed by atoms with Gasteiger partial charge in [-0.3, -0.25) is 4.72 Å². The molecular formula is C12H10BrClFN3O2S. The molecule has 0 aliphatic rings. The SMILES string of the molecule is NCc1ccc(S(=O)(=O)Nc2c(Cl)cc(F)cc2Br)nc1. The Morgan fingerprint density at radius 3 is 2.62 bits per heavy atom. The third-order valence-electron chi connectivity index (χ3n) is 2.55. The topological polar surface area (TPSA) is 85.1 Å². The molecule has 0 atom stereocenters. The number of pyridine rings is 1. The lowest BCUT2D eigenvalue weighted by molar-refractivity contribution is 0.597. The summed E-state index contributed by atoms with van der Waals surface area (Å²) in [5.74, 6) is -0.583. The van der Waals surface area contributed by atoms with Crippen molar-refractivity contribution in [2.75, 3.05) is 4.72 Å². The Balaban J connectivity index is 2.37. The molecule has 0 aliphatic carbocycles. The van der Waals surface area contributed by atoms with Gasteiger partial charge in [0.1, 0.15) is 5.82 Å². The molecule has 1 aromatic carbocycles. The van der Waals surface area contributed by atoms with Crippen molar-refractivity contribution in [2.24, 2.45) is 5.73 Å². The molecule has 0 saturated heterocycles. The largest absolute Gasteiger partial charge is 0.326 e. The second-order valence-corrected chi connectivity index (χ2v) is 6.95. The monoisotopic (exact) mass is 393 g/mol. The summed E-state index contributed by atoms with van der Waals surface area (Å²) in [5.41, 5.74) is 6.17. The normalized spacial score (nSPS) is 11.4. The Labute approximate surface area is 134 Å². The highest BCUT2D eigenvalue weighted by Crippen LogP contribution is 2.33. The van der Waals surface area contributed by atoms with E-state index in [0.29, 0.717) is 5.56 Å². The van der Waals surface area contributed by atoms with Gasteiger partial charge in [-0.15, -0.1) is 0 Å². The summed E-state index contributed by atoms with van der Waals surface area (Å²) in [6.45, 7) is 0.260. The van der Waals surface area contributed by atoms with E-state index in [9.17, 15) is 12.8 Å². The van der Waals surface area contributed by atoms with Gasteiger partial charge in [-0.1, -0.05) is 17.7 Å². The Kier molecular flexibility index (Phi) is 4.82. The number of nitrogens with one attached hydrogen (secondary N) is 1. The fourth-order valence-electron chi connectivity index (χ4n) is 1.52. The molecule has 0 fully saturated rings. The van der Waals surface area contributed by atoms with Crippen molar-refractivity contribution in [1.82, 2.24) is 4.98 Å². The number of benzene rings is 1. The molecule has 2 aromatic rings. The van der Waals surface area contributed by atoms with Crippen LogP contribution in [0.1, 0.15) is 5.56 Å². The Morgan fingerprint density at radius 1 is 1.38 bits per heavy atom. The molecule has 21 heavy (non-hydrogen) atoms. The standard InChI is InChI=1S/C12H10BrClFN3O2S/c13-9-3-8(15)4-10(14)12(9)18-21(19,20)11-2-1-7(5-16)6-17-11/h1-4,6,18H,5,16H2. The van der Waals surface area contributed by atoms with Crippen LogP contribution >= 0.6 is 27.5 Å². The smallest absolute Gasteiger partial charge is 0.279 e. The van der Waals surface area contributed by atoms with Gasteiger partial charge in [0.25, 0.3) is 10.0 Å². The van der Waals surface area contributed by atoms with Gasteiger partial charge >= 0.3 is 0 Å². The highest BCUT2D eigenvalue weighted by molar-refractivity contribution is 9.10. The van der Waals surface area contributed by atoms with Crippen LogP contribution in [0.25, 0.3) is 0 Å². The molecule has 1 heterocycles. The first-order valence-corrected chi connectivity index (χ1v) is 8.31. The predicted molar refractivity (Wildman–Crippen MR) is 82.0 cm³/mol. The van der Waals surface area contributed by atoms with Gasteiger partial charge in [-0.25, -0.2) is 9.37 Å². The maximum absolute atomic E-state index is 13.1. The summed E-state index contributed by atoms with van der Waals surface area (Å²) in [6, 6.07) is 5.00. The first kappa shape index (κ1) is 16.2. The Morgan fingerprint density at radius 2 is 2.10 bits per heavy atom. The van der Waals surface area contributed by atoms with E-state index < -0.39 is 15.8 Å². The molecule has 0 radical (unpaired) electrons. The number of rotatable bonds is 4. The number of halogens is 3. The van der Waals surface area contributed by atoms with Crippen molar-refractivity contribution in [2.45, 2.75) is 11.6 Å². The predicted octanol–water partition coefficient (Wildman–Crippen LogP) is 2.90. The molecule has 0 saturated carbocycles. The summed E-state index contributed by atoms with van der Waals surface area (Å²) < 4.78 is 40.0. The first-order valence-electron chi connectivity index (χ1n) is 5.66. The first-order chi connectivity index (χ1) is 9.83. The number of nitrogens with zero attached hydrogens (tertiary/aromatic N) is 1. The maximum Gasteiger partial charge on any atom is 0.279 e. The fraction of sp³-hybridized carbons (Fsp3) is 0.0833. The highest BCUT2D eigenvalue weighted by atomic mass is 79.9. The van der Waals surface area contributed by atoms with Crippen LogP contribution in [0.15, 0.2) is 40.0 Å². The minimum Gasteiger partial charge on any atom is -0.326 e. The molecule has 112 valence electrons. The van der Waals surface area contributed by atoms with Crippen LogP contribution in [0.3, 0.4) is 0 Å². The van der Waals surface area contributed by atoms with Crippen molar-refractivity contribution in [3.05, 3.63) is 51.3 Å². The van der Waals surface area contributed by atoms with E-state index in [0.717, 1.165) is 12.1 Å². The molecule has 5 nitrogen and oxygen atoms in total. The van der Waals surface area contributed by atoms with Crippen LogP contribution in [0.5, 0.6) is 0 Å². The average Bonchev–Trinajstić information content (AvgIpc) is 2.43. The molecule has 0 unspecified atom stereocenters. The number of hydrogen-bond donors (Lipinski definition) is 2. The summed E-state index contributed by atoms with van der Waals surface area (Å²) in [7, 11) is -3.93. The van der Waals surface area contributed by atoms with Crippen LogP contribution in [-0.4, -0.2) is 13.4 Å². The number of aromatic nitrogens is 1. The maximum atomic E-state index is 13.1. The minimum atomic E-state index is -3.93. The third-order valence-corrected chi connectivity index (χ3v) is 4.74. The zero-order valence-corrected chi connectivity index (χ0v) is 13.6. The van der Waals surface area contributed by atoms with E-state index in [1.165, 1.54) is 12.3 Å². The number of nitrogens with two attached hydrogens (primary N) is 1. The van der Waals surface area contributed by atoms with Gasteiger partial charge < -0.3 is 5.73 Å². The molecular weight excluding hydrogens is 385 g/mol. The van der Waals surface area contributed by atoms with E-state index in [1.807, 2.05) is 0 Å². The molecule has 2 rings (SSSR count). The van der Waals surface area contributed by atoms with E-state index in [1.54, 1.807) is 6.07 Å². The van der Waals surface area contributed by atoms with Crippen molar-refractivity contribution in [3.63, 3.8) is 0 Å². The van der Waals surface area contributed by atoms with Crippen LogP contribution in [0.2, 0.25) is 5.02 Å². The Bertz CT molecular complexity index is 746. The molecule has 3 N–H and O–H groups in total. The minimum absolute atomic E-state index is 0.0442. The van der Waals surface area contributed by atoms with E-state index >= 15 is 0 Å². The average molecular weight is 395 g/mol. The zero-order valence-electron chi connectivity index (χ0n) is 10.5. The molecule has 9 heteroatoms. The van der Waals surface area contributed by atoms with E-state index in [4.69, 9.17) is 17.3 Å². The number of hydrogen-bond acceptors (Lipinski definition) is 4. The van der Waals surface area contributed by atoms with Crippen molar-refractivity contribution in [1.29, 1.82) is 0 Å². The van der Waals surface area contributed by atoms with Gasteiger partial charge in [0.2, 0.25) is 0 Å². The van der Waals surface area contributed by atoms with E-state index in [-0.39, 0.29) is 26.8 Å². The summed E-state index contributed by atoms with van der Waals surface area (Å²) >= 11 is 8.90. The summed E-state index contributed by atoms with van der Waals surface area (Å²) in [4.78, 5) is 3.83. The summed E-state index contributed by atoms with van der Waals surface area (Å²) in [5, 5.41) is -0.254. The zero-order chi connectivity index (χ0) is 15.6. The van der Waals surface area contributed by atoms with Crippen LogP contribution in [-0.2, 0) is 16.6 Å². The third kappa shape index (κ3) is 3.70. The number of sulfonamides is 1. The second kappa shape index (κ2) is 6.27. The van der Waals surface area contributed by atoms with Crippen LogP contribution in [0, 0.1) is 5.82 Å². The lowest BCUT2D eigenvalue weighted by atomic mass is 10.3. The Hall–Kier alpha value is -1.22. The second-order valence-electron chi connectivity index (χ2n) is 4.06. The number of anilines is 1. The van der Waals surface area contributed by atoms with Crippen LogP contribution < -0.4 is 10.5 Å². The van der Waals surface area contributed by atoms with Gasteiger partial charge in [0.05, 0.1) is 10.7 Å². The van der Waals surface area contributed by atoms with Gasteiger partial charge in [0, 0.05) is 17.2 Å². The lowest BCUT2D eigenvalue weighted by Crippen LogP contribution is -2.15. The van der Waals surface area contributed by atoms with E-state index in [2.05, 4.69) is 25.6 Å². The van der Waals surface area contributed by atoms with Gasteiger partial charge in [-0.05, 0) is 39.7 Å². The molecule has 0 amide bonds. The molecule has 0 aliphatic heterocycles. The molecule has 0 bridgehead atoms. The molecule has 1 aromatic heterocycles. The van der Waals surface area contributed by atoms with Gasteiger partial charge in [0.15, 0.2) is 5.03 Å².